The Morgan fingerprint density at radius 1 is 1.50 bits per heavy atom. The van der Waals surface area contributed by atoms with Gasteiger partial charge in [-0.1, -0.05) is 6.92 Å². The van der Waals surface area contributed by atoms with Gasteiger partial charge in [-0.15, -0.1) is 0 Å². The average Bonchev–Trinajstić information content (AvgIpc) is 2.86. The number of aliphatic hydroxyl groups excluding tert-OH is 1. The lowest BCUT2D eigenvalue weighted by atomic mass is 10.3. The SMILES string of the molecule is CCN(CCCO)CC(=O)N(C)Cc1ccco1. The molecule has 1 aromatic heterocycles. The molecule has 0 spiro atoms. The van der Waals surface area contributed by atoms with Gasteiger partial charge in [0.1, 0.15) is 5.76 Å². The normalized spacial score (nSPS) is 10.9. The third kappa shape index (κ3) is 4.89. The van der Waals surface area contributed by atoms with Crippen molar-refractivity contribution < 1.29 is 14.3 Å². The summed E-state index contributed by atoms with van der Waals surface area (Å²) in [7, 11) is 1.77. The molecule has 0 aromatic carbocycles. The van der Waals surface area contributed by atoms with E-state index < -0.39 is 0 Å². The van der Waals surface area contributed by atoms with Crippen molar-refractivity contribution in [1.29, 1.82) is 0 Å². The van der Waals surface area contributed by atoms with Crippen molar-refractivity contribution in [2.45, 2.75) is 19.9 Å². The van der Waals surface area contributed by atoms with Crippen LogP contribution in [0, 0.1) is 0 Å². The fraction of sp³-hybridized carbons (Fsp3) is 0.615. The lowest BCUT2D eigenvalue weighted by Gasteiger charge is -2.23. The Kier molecular flexibility index (Phi) is 6.46. The third-order valence-electron chi connectivity index (χ3n) is 2.84. The van der Waals surface area contributed by atoms with Gasteiger partial charge in [-0.2, -0.15) is 0 Å². The molecule has 0 saturated carbocycles. The molecule has 1 aromatic rings. The van der Waals surface area contributed by atoms with Gasteiger partial charge in [0.05, 0.1) is 19.4 Å². The van der Waals surface area contributed by atoms with Crippen LogP contribution in [0.4, 0.5) is 0 Å². The molecule has 0 bridgehead atoms. The minimum Gasteiger partial charge on any atom is -0.467 e. The van der Waals surface area contributed by atoms with Gasteiger partial charge in [0.2, 0.25) is 5.91 Å². The van der Waals surface area contributed by atoms with Crippen LogP contribution in [-0.4, -0.2) is 54.1 Å². The summed E-state index contributed by atoms with van der Waals surface area (Å²) in [5.74, 6) is 0.843. The number of rotatable bonds is 8. The molecule has 1 heterocycles. The Labute approximate surface area is 108 Å². The topological polar surface area (TPSA) is 56.9 Å². The van der Waals surface area contributed by atoms with E-state index in [1.807, 2.05) is 24.0 Å². The molecular formula is C13H22N2O3. The summed E-state index contributed by atoms with van der Waals surface area (Å²) in [6, 6.07) is 3.67. The monoisotopic (exact) mass is 254 g/mol. The van der Waals surface area contributed by atoms with Crippen molar-refractivity contribution in [2.24, 2.45) is 0 Å². The van der Waals surface area contributed by atoms with Crippen molar-refractivity contribution in [3.05, 3.63) is 24.2 Å². The first-order valence-corrected chi connectivity index (χ1v) is 6.27. The Balaban J connectivity index is 2.38. The molecule has 1 N–H and O–H groups in total. The molecule has 5 heteroatoms. The van der Waals surface area contributed by atoms with E-state index in [0.29, 0.717) is 19.5 Å². The van der Waals surface area contributed by atoms with Gasteiger partial charge >= 0.3 is 0 Å². The second kappa shape index (κ2) is 7.89. The van der Waals surface area contributed by atoms with Crippen LogP contribution in [0.3, 0.4) is 0 Å². The van der Waals surface area contributed by atoms with E-state index in [9.17, 15) is 4.79 Å². The minimum atomic E-state index is 0.0613. The third-order valence-corrected chi connectivity index (χ3v) is 2.84. The Hall–Kier alpha value is -1.33. The molecule has 0 radical (unpaired) electrons. The van der Waals surface area contributed by atoms with Crippen LogP contribution in [0.25, 0.3) is 0 Å². The smallest absolute Gasteiger partial charge is 0.236 e. The van der Waals surface area contributed by atoms with Crippen molar-refractivity contribution >= 4 is 5.91 Å². The Morgan fingerprint density at radius 2 is 2.28 bits per heavy atom. The van der Waals surface area contributed by atoms with E-state index in [-0.39, 0.29) is 12.5 Å². The fourth-order valence-corrected chi connectivity index (χ4v) is 1.68. The number of furan rings is 1. The number of nitrogens with zero attached hydrogens (tertiary/aromatic N) is 2. The lowest BCUT2D eigenvalue weighted by Crippen LogP contribution is -2.38. The van der Waals surface area contributed by atoms with Gasteiger partial charge in [-0.25, -0.2) is 0 Å². The van der Waals surface area contributed by atoms with Crippen LogP contribution < -0.4 is 0 Å². The molecule has 0 aliphatic rings. The van der Waals surface area contributed by atoms with Crippen molar-refractivity contribution in [2.75, 3.05) is 33.3 Å². The number of carbonyl (C=O) groups excluding carboxylic acids is 1. The molecule has 1 rings (SSSR count). The molecule has 0 saturated heterocycles. The summed E-state index contributed by atoms with van der Waals surface area (Å²) in [4.78, 5) is 15.7. The largest absolute Gasteiger partial charge is 0.467 e. The number of carbonyl (C=O) groups is 1. The molecular weight excluding hydrogens is 232 g/mol. The molecule has 0 unspecified atom stereocenters. The highest BCUT2D eigenvalue weighted by Crippen LogP contribution is 2.04. The Morgan fingerprint density at radius 3 is 2.83 bits per heavy atom. The number of aliphatic hydroxyl groups is 1. The second-order valence-electron chi connectivity index (χ2n) is 4.28. The van der Waals surface area contributed by atoms with Gasteiger partial charge < -0.3 is 14.4 Å². The predicted molar refractivity (Wildman–Crippen MR) is 69.0 cm³/mol. The first-order chi connectivity index (χ1) is 8.67. The maximum absolute atomic E-state index is 12.0. The number of hydrogen-bond acceptors (Lipinski definition) is 4. The lowest BCUT2D eigenvalue weighted by molar-refractivity contribution is -0.131. The highest BCUT2D eigenvalue weighted by atomic mass is 16.3. The van der Waals surface area contributed by atoms with Crippen LogP contribution >= 0.6 is 0 Å². The first kappa shape index (κ1) is 14.7. The van der Waals surface area contributed by atoms with Gasteiger partial charge in [0, 0.05) is 20.2 Å². The molecule has 0 atom stereocenters. The predicted octanol–water partition coefficient (Wildman–Crippen LogP) is 0.942. The van der Waals surface area contributed by atoms with E-state index in [0.717, 1.165) is 18.8 Å². The van der Waals surface area contributed by atoms with Gasteiger partial charge in [-0.05, 0) is 25.1 Å². The summed E-state index contributed by atoms with van der Waals surface area (Å²) in [5.41, 5.74) is 0. The van der Waals surface area contributed by atoms with Crippen LogP contribution in [0.5, 0.6) is 0 Å². The second-order valence-corrected chi connectivity index (χ2v) is 4.28. The van der Waals surface area contributed by atoms with E-state index in [2.05, 4.69) is 0 Å². The number of hydrogen-bond donors (Lipinski definition) is 1. The maximum Gasteiger partial charge on any atom is 0.236 e. The maximum atomic E-state index is 12.0. The molecule has 1 amide bonds. The first-order valence-electron chi connectivity index (χ1n) is 6.27. The summed E-state index contributed by atoms with van der Waals surface area (Å²) in [6.07, 6.45) is 2.30. The summed E-state index contributed by atoms with van der Waals surface area (Å²) < 4.78 is 5.21. The number of likely N-dealkylation sites (N-methyl/N-ethyl adjacent to an activating group) is 2. The molecule has 0 aliphatic heterocycles. The zero-order chi connectivity index (χ0) is 13.4. The standard InChI is InChI=1S/C13H22N2O3/c1-3-15(7-5-8-16)11-13(17)14(2)10-12-6-4-9-18-12/h4,6,9,16H,3,5,7-8,10-11H2,1-2H3. The van der Waals surface area contributed by atoms with E-state index in [4.69, 9.17) is 9.52 Å². The Bertz CT molecular complexity index is 338. The van der Waals surface area contributed by atoms with Crippen LogP contribution in [0.15, 0.2) is 22.8 Å². The molecule has 0 fully saturated rings. The van der Waals surface area contributed by atoms with Crippen LogP contribution in [-0.2, 0) is 11.3 Å². The zero-order valence-electron chi connectivity index (χ0n) is 11.1. The average molecular weight is 254 g/mol. The van der Waals surface area contributed by atoms with E-state index in [1.54, 1.807) is 18.2 Å². The molecule has 18 heavy (non-hydrogen) atoms. The van der Waals surface area contributed by atoms with Crippen LogP contribution in [0.2, 0.25) is 0 Å². The highest BCUT2D eigenvalue weighted by molar-refractivity contribution is 5.77. The summed E-state index contributed by atoms with van der Waals surface area (Å²) in [6.45, 7) is 4.59. The molecule has 0 aliphatic carbocycles. The van der Waals surface area contributed by atoms with Gasteiger partial charge in [0.15, 0.2) is 0 Å². The van der Waals surface area contributed by atoms with Gasteiger partial charge in [-0.3, -0.25) is 9.69 Å². The van der Waals surface area contributed by atoms with Crippen LogP contribution in [0.1, 0.15) is 19.1 Å². The van der Waals surface area contributed by atoms with Gasteiger partial charge in [0.25, 0.3) is 0 Å². The molecule has 5 nitrogen and oxygen atoms in total. The number of amides is 1. The fourth-order valence-electron chi connectivity index (χ4n) is 1.68. The van der Waals surface area contributed by atoms with E-state index in [1.165, 1.54) is 0 Å². The summed E-state index contributed by atoms with van der Waals surface area (Å²) in [5, 5.41) is 8.79. The van der Waals surface area contributed by atoms with Crippen molar-refractivity contribution in [3.63, 3.8) is 0 Å². The zero-order valence-corrected chi connectivity index (χ0v) is 11.1. The molecule has 102 valence electrons. The quantitative estimate of drug-likeness (QED) is 0.750. The summed E-state index contributed by atoms with van der Waals surface area (Å²) >= 11 is 0. The van der Waals surface area contributed by atoms with Crippen molar-refractivity contribution in [3.8, 4) is 0 Å². The highest BCUT2D eigenvalue weighted by Gasteiger charge is 2.14. The van der Waals surface area contributed by atoms with Crippen molar-refractivity contribution in [1.82, 2.24) is 9.80 Å². The minimum absolute atomic E-state index is 0.0613. The van der Waals surface area contributed by atoms with E-state index >= 15 is 0 Å².